The molecule has 1 aliphatic rings. The van der Waals surface area contributed by atoms with Crippen molar-refractivity contribution in [1.29, 1.82) is 5.26 Å². The van der Waals surface area contributed by atoms with Crippen molar-refractivity contribution in [2.75, 3.05) is 13.7 Å². The summed E-state index contributed by atoms with van der Waals surface area (Å²) in [6, 6.07) is 17.0. The number of methoxy groups -OCH3 is 1. The molecule has 0 spiro atoms. The lowest BCUT2D eigenvalue weighted by Gasteiger charge is -2.25. The van der Waals surface area contributed by atoms with Crippen LogP contribution in [0.25, 0.3) is 6.08 Å². The van der Waals surface area contributed by atoms with E-state index in [0.29, 0.717) is 22.8 Å². The lowest BCUT2D eigenvalue weighted by molar-refractivity contribution is -0.144. The number of hydrogen-bond donors (Lipinski definition) is 1. The number of carbonyl (C=O) groups excluding carboxylic acids is 2. The first-order valence-electron chi connectivity index (χ1n) is 10.3. The number of nitriles is 1. The zero-order valence-corrected chi connectivity index (χ0v) is 18.1. The van der Waals surface area contributed by atoms with Crippen LogP contribution in [0.4, 0.5) is 0 Å². The highest BCUT2D eigenvalue weighted by atomic mass is 16.6. The summed E-state index contributed by atoms with van der Waals surface area (Å²) in [5.74, 6) is 0.781. The number of para-hydroxylation sites is 2. The van der Waals surface area contributed by atoms with E-state index >= 15 is 0 Å². The molecule has 34 heavy (non-hydrogen) atoms. The Morgan fingerprint density at radius 1 is 1.15 bits per heavy atom. The highest BCUT2D eigenvalue weighted by Gasteiger charge is 2.29. The van der Waals surface area contributed by atoms with Gasteiger partial charge in [-0.05, 0) is 48.0 Å². The quantitative estimate of drug-likeness (QED) is 0.247. The predicted molar refractivity (Wildman–Crippen MR) is 119 cm³/mol. The summed E-state index contributed by atoms with van der Waals surface area (Å²) >= 11 is 0. The number of nitrogens with one attached hydrogen (secondary N) is 1. The normalized spacial score (nSPS) is 14.6. The number of furan rings is 1. The van der Waals surface area contributed by atoms with Gasteiger partial charge in [0.1, 0.15) is 24.0 Å². The molecule has 1 atom stereocenters. The Balaban J connectivity index is 1.44. The fourth-order valence-corrected chi connectivity index (χ4v) is 3.16. The Morgan fingerprint density at radius 2 is 1.97 bits per heavy atom. The molecule has 1 N–H and O–H groups in total. The van der Waals surface area contributed by atoms with Crippen LogP contribution in [0, 0.1) is 11.3 Å². The van der Waals surface area contributed by atoms with Gasteiger partial charge >= 0.3 is 5.97 Å². The SMILES string of the molecule is COc1cc(/C=C(\C#N)C(=O)NCc2ccco2)ccc1OC(=O)C1COc2ccccc2O1. The van der Waals surface area contributed by atoms with Crippen molar-refractivity contribution in [1.82, 2.24) is 5.32 Å². The highest BCUT2D eigenvalue weighted by molar-refractivity contribution is 6.01. The highest BCUT2D eigenvalue weighted by Crippen LogP contribution is 2.33. The van der Waals surface area contributed by atoms with Crippen molar-refractivity contribution < 1.29 is 33.0 Å². The molecule has 9 heteroatoms. The second-order valence-electron chi connectivity index (χ2n) is 7.13. The van der Waals surface area contributed by atoms with Crippen LogP contribution in [0.2, 0.25) is 0 Å². The van der Waals surface area contributed by atoms with Crippen LogP contribution in [0.5, 0.6) is 23.0 Å². The molecule has 0 saturated heterocycles. The van der Waals surface area contributed by atoms with E-state index in [2.05, 4.69) is 5.32 Å². The number of esters is 1. The average molecular weight is 460 g/mol. The predicted octanol–water partition coefficient (Wildman–Crippen LogP) is 3.26. The summed E-state index contributed by atoms with van der Waals surface area (Å²) in [6.45, 7) is 0.165. The van der Waals surface area contributed by atoms with Gasteiger partial charge in [0.05, 0.1) is 19.9 Å². The van der Waals surface area contributed by atoms with Gasteiger partial charge in [0.25, 0.3) is 5.91 Å². The first-order chi connectivity index (χ1) is 16.6. The van der Waals surface area contributed by atoms with Crippen molar-refractivity contribution in [2.24, 2.45) is 0 Å². The van der Waals surface area contributed by atoms with Crippen molar-refractivity contribution >= 4 is 18.0 Å². The molecule has 1 unspecified atom stereocenters. The topological polar surface area (TPSA) is 120 Å². The minimum atomic E-state index is -0.942. The van der Waals surface area contributed by atoms with E-state index in [9.17, 15) is 14.9 Å². The van der Waals surface area contributed by atoms with Gasteiger partial charge in [-0.2, -0.15) is 5.26 Å². The summed E-state index contributed by atoms with van der Waals surface area (Å²) in [4.78, 5) is 24.9. The van der Waals surface area contributed by atoms with Gasteiger partial charge < -0.3 is 28.7 Å². The lowest BCUT2D eigenvalue weighted by Crippen LogP contribution is -2.39. The maximum absolute atomic E-state index is 12.6. The minimum Gasteiger partial charge on any atom is -0.493 e. The third-order valence-electron chi connectivity index (χ3n) is 4.85. The lowest BCUT2D eigenvalue weighted by atomic mass is 10.1. The van der Waals surface area contributed by atoms with Gasteiger partial charge in [-0.1, -0.05) is 18.2 Å². The van der Waals surface area contributed by atoms with Crippen LogP contribution in [0.15, 0.2) is 70.9 Å². The van der Waals surface area contributed by atoms with Gasteiger partial charge in [-0.25, -0.2) is 4.79 Å². The first-order valence-corrected chi connectivity index (χ1v) is 10.3. The first kappa shape index (κ1) is 22.5. The average Bonchev–Trinajstić information content (AvgIpc) is 3.40. The molecule has 0 saturated carbocycles. The summed E-state index contributed by atoms with van der Waals surface area (Å²) < 4.78 is 27.2. The summed E-state index contributed by atoms with van der Waals surface area (Å²) in [7, 11) is 1.41. The second kappa shape index (κ2) is 10.3. The molecular weight excluding hydrogens is 440 g/mol. The van der Waals surface area contributed by atoms with Crippen molar-refractivity contribution in [3.63, 3.8) is 0 Å². The van der Waals surface area contributed by atoms with Crippen LogP contribution in [-0.4, -0.2) is 31.7 Å². The zero-order valence-electron chi connectivity index (χ0n) is 18.1. The minimum absolute atomic E-state index is 0.0115. The number of benzene rings is 2. The Bertz CT molecular complexity index is 1260. The molecule has 0 bridgehead atoms. The molecule has 2 heterocycles. The largest absolute Gasteiger partial charge is 0.493 e. The van der Waals surface area contributed by atoms with Crippen molar-refractivity contribution in [2.45, 2.75) is 12.6 Å². The molecule has 0 radical (unpaired) electrons. The summed E-state index contributed by atoms with van der Waals surface area (Å²) in [5.41, 5.74) is 0.400. The standard InChI is InChI=1S/C25H20N2O7/c1-30-22-12-16(11-17(13-26)24(28)27-14-18-5-4-10-31-18)8-9-21(22)34-25(29)23-15-32-19-6-2-3-7-20(19)33-23/h2-12,23H,14-15H2,1H3,(H,27,28)/b17-11+. The number of hydrogen-bond acceptors (Lipinski definition) is 8. The number of amides is 1. The molecule has 3 aromatic rings. The fourth-order valence-electron chi connectivity index (χ4n) is 3.16. The van der Waals surface area contributed by atoms with Crippen LogP contribution in [0.3, 0.4) is 0 Å². The monoisotopic (exact) mass is 460 g/mol. The molecule has 2 aromatic carbocycles. The number of carbonyl (C=O) groups is 2. The number of nitrogens with zero attached hydrogens (tertiary/aromatic N) is 1. The van der Waals surface area contributed by atoms with E-state index < -0.39 is 18.0 Å². The van der Waals surface area contributed by atoms with Crippen LogP contribution >= 0.6 is 0 Å². The molecule has 1 amide bonds. The van der Waals surface area contributed by atoms with E-state index in [1.807, 2.05) is 12.1 Å². The third kappa shape index (κ3) is 5.19. The Morgan fingerprint density at radius 3 is 2.71 bits per heavy atom. The fraction of sp³-hybridized carbons (Fsp3) is 0.160. The number of fused-ring (bicyclic) bond motifs is 1. The van der Waals surface area contributed by atoms with E-state index in [0.717, 1.165) is 0 Å². The Kier molecular flexibility index (Phi) is 6.79. The molecule has 4 rings (SSSR count). The number of rotatable bonds is 7. The van der Waals surface area contributed by atoms with E-state index in [-0.39, 0.29) is 30.2 Å². The summed E-state index contributed by atoms with van der Waals surface area (Å²) in [5, 5.41) is 12.0. The van der Waals surface area contributed by atoms with Gasteiger partial charge in [-0.3, -0.25) is 4.79 Å². The molecule has 0 aliphatic carbocycles. The van der Waals surface area contributed by atoms with Gasteiger partial charge in [0.15, 0.2) is 23.0 Å². The smallest absolute Gasteiger partial charge is 0.356 e. The van der Waals surface area contributed by atoms with Crippen LogP contribution < -0.4 is 24.3 Å². The Hall–Kier alpha value is -4.71. The van der Waals surface area contributed by atoms with E-state index in [1.165, 1.54) is 25.5 Å². The molecule has 1 aliphatic heterocycles. The molecule has 172 valence electrons. The van der Waals surface area contributed by atoms with Crippen LogP contribution in [-0.2, 0) is 16.1 Å². The van der Waals surface area contributed by atoms with Gasteiger partial charge in [0, 0.05) is 0 Å². The second-order valence-corrected chi connectivity index (χ2v) is 7.13. The molecule has 1 aromatic heterocycles. The van der Waals surface area contributed by atoms with Crippen LogP contribution in [0.1, 0.15) is 11.3 Å². The van der Waals surface area contributed by atoms with E-state index in [4.69, 9.17) is 23.4 Å². The van der Waals surface area contributed by atoms with Crippen molar-refractivity contribution in [3.8, 4) is 29.1 Å². The molecular formula is C25H20N2O7. The van der Waals surface area contributed by atoms with E-state index in [1.54, 1.807) is 42.5 Å². The maximum Gasteiger partial charge on any atom is 0.356 e. The maximum atomic E-state index is 12.6. The molecule has 9 nitrogen and oxygen atoms in total. The Labute approximate surface area is 195 Å². The van der Waals surface area contributed by atoms with Gasteiger partial charge in [0.2, 0.25) is 6.10 Å². The molecule has 0 fully saturated rings. The zero-order chi connectivity index (χ0) is 23.9. The van der Waals surface area contributed by atoms with Crippen molar-refractivity contribution in [3.05, 3.63) is 77.8 Å². The number of ether oxygens (including phenoxy) is 4. The van der Waals surface area contributed by atoms with Gasteiger partial charge in [-0.15, -0.1) is 0 Å². The summed E-state index contributed by atoms with van der Waals surface area (Å²) in [6.07, 6.45) is 1.96. The third-order valence-corrected chi connectivity index (χ3v) is 4.85.